The number of Topliss-reactive ketones (excluding diaryl/α,β-unsaturated/α-hetero) is 1. The number of carbonyl (C=O) groups is 1. The molecule has 6 nitrogen and oxygen atoms in total. The molecule has 0 heterocycles. The van der Waals surface area contributed by atoms with Gasteiger partial charge in [-0.3, -0.25) is 4.79 Å². The summed E-state index contributed by atoms with van der Waals surface area (Å²) in [6, 6.07) is 0. The first-order chi connectivity index (χ1) is 12.8. The SMILES string of the molecule is CC(=O)C1CCC2C3CC=C4CC(O)CCC4(C)C3CCC12CO[N+](=O)[O-]. The quantitative estimate of drug-likeness (QED) is 0.458. The maximum atomic E-state index is 12.4. The Kier molecular flexibility index (Phi) is 4.60. The van der Waals surface area contributed by atoms with E-state index in [9.17, 15) is 20.0 Å². The maximum Gasteiger partial charge on any atom is 0.294 e. The summed E-state index contributed by atoms with van der Waals surface area (Å²) >= 11 is 0. The van der Waals surface area contributed by atoms with Crippen molar-refractivity contribution < 1.29 is 19.8 Å². The standard InChI is InChI=1S/C21H31NO5/c1-13(23)17-5-6-19-16-4-3-14-11-15(24)7-9-20(14,2)18(16)8-10-21(17,19)12-27-22(25)26/h3,15-19,24H,4-12H2,1-2H3. The van der Waals surface area contributed by atoms with Crippen molar-refractivity contribution in [2.75, 3.05) is 6.61 Å². The van der Waals surface area contributed by atoms with Gasteiger partial charge in [0, 0.05) is 11.3 Å². The summed E-state index contributed by atoms with van der Waals surface area (Å²) in [5.41, 5.74) is 1.17. The van der Waals surface area contributed by atoms with Crippen LogP contribution in [0, 0.1) is 44.6 Å². The lowest BCUT2D eigenvalue weighted by molar-refractivity contribution is -0.761. The highest BCUT2D eigenvalue weighted by atomic mass is 16.9. The number of rotatable bonds is 4. The fourth-order valence-electron chi connectivity index (χ4n) is 7.51. The second kappa shape index (κ2) is 6.57. The molecule has 4 aliphatic rings. The summed E-state index contributed by atoms with van der Waals surface area (Å²) in [5, 5.41) is 20.3. The molecule has 6 heteroatoms. The van der Waals surface area contributed by atoms with Gasteiger partial charge in [-0.25, -0.2) is 0 Å². The first kappa shape index (κ1) is 18.9. The van der Waals surface area contributed by atoms with Crippen LogP contribution in [0.2, 0.25) is 0 Å². The van der Waals surface area contributed by atoms with Crippen LogP contribution in [-0.4, -0.2) is 28.7 Å². The Morgan fingerprint density at radius 3 is 2.78 bits per heavy atom. The molecule has 7 unspecified atom stereocenters. The number of allylic oxidation sites excluding steroid dienone is 1. The summed E-state index contributed by atoms with van der Waals surface area (Å²) in [5.74, 6) is 1.36. The third-order valence-electron chi connectivity index (χ3n) is 8.72. The number of ketones is 1. The van der Waals surface area contributed by atoms with Gasteiger partial charge in [0.05, 0.1) is 6.10 Å². The summed E-state index contributed by atoms with van der Waals surface area (Å²) in [6.07, 6.45) is 9.38. The van der Waals surface area contributed by atoms with Crippen molar-refractivity contribution in [2.45, 2.75) is 71.3 Å². The van der Waals surface area contributed by atoms with Crippen LogP contribution in [0.1, 0.15) is 65.2 Å². The molecule has 0 aromatic heterocycles. The van der Waals surface area contributed by atoms with Crippen LogP contribution in [-0.2, 0) is 9.63 Å². The second-order valence-electron chi connectivity index (χ2n) is 9.67. The van der Waals surface area contributed by atoms with Crippen LogP contribution in [0.25, 0.3) is 0 Å². The van der Waals surface area contributed by atoms with Crippen LogP contribution in [0.5, 0.6) is 0 Å². The van der Waals surface area contributed by atoms with E-state index in [1.807, 2.05) is 0 Å². The Labute approximate surface area is 160 Å². The lowest BCUT2D eigenvalue weighted by atomic mass is 9.47. The molecule has 7 atom stereocenters. The van der Waals surface area contributed by atoms with E-state index < -0.39 is 5.09 Å². The highest BCUT2D eigenvalue weighted by molar-refractivity contribution is 5.79. The van der Waals surface area contributed by atoms with Gasteiger partial charge in [-0.05, 0) is 81.5 Å². The molecular formula is C21H31NO5. The van der Waals surface area contributed by atoms with Crippen molar-refractivity contribution in [3.8, 4) is 0 Å². The normalized spacial score (nSPS) is 45.9. The summed E-state index contributed by atoms with van der Waals surface area (Å²) in [6.45, 7) is 4.05. The van der Waals surface area contributed by atoms with E-state index in [4.69, 9.17) is 4.84 Å². The van der Waals surface area contributed by atoms with Gasteiger partial charge >= 0.3 is 0 Å². The zero-order valence-electron chi connectivity index (χ0n) is 16.4. The first-order valence-electron chi connectivity index (χ1n) is 10.4. The highest BCUT2D eigenvalue weighted by Crippen LogP contribution is 2.66. The van der Waals surface area contributed by atoms with Crippen molar-refractivity contribution in [3.05, 3.63) is 21.8 Å². The van der Waals surface area contributed by atoms with Crippen LogP contribution < -0.4 is 0 Å². The van der Waals surface area contributed by atoms with Crippen LogP contribution >= 0.6 is 0 Å². The van der Waals surface area contributed by atoms with Gasteiger partial charge in [-0.2, -0.15) is 0 Å². The number of fused-ring (bicyclic) bond motifs is 5. The highest BCUT2D eigenvalue weighted by Gasteiger charge is 2.61. The van der Waals surface area contributed by atoms with Crippen molar-refractivity contribution in [1.82, 2.24) is 0 Å². The van der Waals surface area contributed by atoms with E-state index in [-0.39, 0.29) is 35.2 Å². The summed E-state index contributed by atoms with van der Waals surface area (Å²) < 4.78 is 0. The van der Waals surface area contributed by atoms with Crippen LogP contribution in [0.15, 0.2) is 11.6 Å². The summed E-state index contributed by atoms with van der Waals surface area (Å²) in [4.78, 5) is 28.2. The molecule has 3 fully saturated rings. The van der Waals surface area contributed by atoms with Crippen LogP contribution in [0.4, 0.5) is 0 Å². The van der Waals surface area contributed by atoms with Crippen molar-refractivity contribution in [2.24, 2.45) is 34.5 Å². The average molecular weight is 377 g/mol. The molecule has 4 aliphatic carbocycles. The van der Waals surface area contributed by atoms with E-state index in [2.05, 4.69) is 13.0 Å². The molecule has 3 saturated carbocycles. The Morgan fingerprint density at radius 2 is 2.07 bits per heavy atom. The minimum Gasteiger partial charge on any atom is -0.393 e. The molecule has 1 N–H and O–H groups in total. The lowest BCUT2D eigenvalue weighted by Gasteiger charge is -2.58. The van der Waals surface area contributed by atoms with Crippen molar-refractivity contribution >= 4 is 5.78 Å². The molecule has 0 aromatic carbocycles. The third-order valence-corrected chi connectivity index (χ3v) is 8.72. The van der Waals surface area contributed by atoms with Gasteiger partial charge in [0.1, 0.15) is 12.4 Å². The molecular weight excluding hydrogens is 346 g/mol. The molecule has 27 heavy (non-hydrogen) atoms. The van der Waals surface area contributed by atoms with Gasteiger partial charge in [-0.15, -0.1) is 10.1 Å². The molecule has 0 amide bonds. The molecule has 0 spiro atoms. The topological polar surface area (TPSA) is 89.7 Å². The summed E-state index contributed by atoms with van der Waals surface area (Å²) in [7, 11) is 0. The van der Waals surface area contributed by atoms with E-state index in [1.54, 1.807) is 6.92 Å². The molecule has 150 valence electrons. The van der Waals surface area contributed by atoms with Crippen molar-refractivity contribution in [1.29, 1.82) is 0 Å². The number of nitrogens with zero attached hydrogens (tertiary/aromatic N) is 1. The minimum absolute atomic E-state index is 0.0597. The van der Waals surface area contributed by atoms with Gasteiger partial charge in [-0.1, -0.05) is 18.6 Å². The number of hydrogen-bond donors (Lipinski definition) is 1. The minimum atomic E-state index is -0.698. The number of carbonyl (C=O) groups excluding carboxylic acids is 1. The van der Waals surface area contributed by atoms with Crippen molar-refractivity contribution in [3.63, 3.8) is 0 Å². The molecule has 0 bridgehead atoms. The lowest BCUT2D eigenvalue weighted by Crippen LogP contribution is -2.53. The Bertz CT molecular complexity index is 675. The molecule has 0 radical (unpaired) electrons. The molecule has 0 aliphatic heterocycles. The Morgan fingerprint density at radius 1 is 1.30 bits per heavy atom. The Balaban J connectivity index is 1.67. The number of hydrogen-bond acceptors (Lipinski definition) is 5. The van der Waals surface area contributed by atoms with Gasteiger partial charge in [0.2, 0.25) is 0 Å². The van der Waals surface area contributed by atoms with Gasteiger partial charge in [0.15, 0.2) is 0 Å². The smallest absolute Gasteiger partial charge is 0.294 e. The third kappa shape index (κ3) is 2.82. The zero-order valence-corrected chi connectivity index (χ0v) is 16.4. The van der Waals surface area contributed by atoms with Gasteiger partial charge < -0.3 is 9.94 Å². The zero-order chi connectivity index (χ0) is 19.4. The monoisotopic (exact) mass is 377 g/mol. The largest absolute Gasteiger partial charge is 0.393 e. The van der Waals surface area contributed by atoms with Crippen LogP contribution in [0.3, 0.4) is 0 Å². The average Bonchev–Trinajstić information content (AvgIpc) is 3.00. The maximum absolute atomic E-state index is 12.4. The molecule has 4 rings (SSSR count). The molecule has 0 aromatic rings. The van der Waals surface area contributed by atoms with E-state index in [0.717, 1.165) is 51.4 Å². The van der Waals surface area contributed by atoms with E-state index >= 15 is 0 Å². The number of aliphatic hydroxyl groups excluding tert-OH is 1. The Hall–Kier alpha value is -1.43. The number of aliphatic hydroxyl groups is 1. The first-order valence-corrected chi connectivity index (χ1v) is 10.4. The predicted octanol–water partition coefficient (Wildman–Crippen LogP) is 3.70. The van der Waals surface area contributed by atoms with E-state index in [0.29, 0.717) is 17.8 Å². The predicted molar refractivity (Wildman–Crippen MR) is 99.2 cm³/mol. The van der Waals surface area contributed by atoms with E-state index in [1.165, 1.54) is 5.57 Å². The fraction of sp³-hybridized carbons (Fsp3) is 0.857. The fourth-order valence-corrected chi connectivity index (χ4v) is 7.51. The second-order valence-corrected chi connectivity index (χ2v) is 9.67. The molecule has 0 saturated heterocycles. The van der Waals surface area contributed by atoms with Gasteiger partial charge in [0.25, 0.3) is 5.09 Å².